The Hall–Kier alpha value is -1.03. The van der Waals surface area contributed by atoms with Crippen LogP contribution in [0, 0.1) is 5.41 Å². The standard InChI is InChI=1S/C8H12N2O2/c1-8(2,3)6-5(4-11)9-10-7(6)12/h11H,4H2,1-3H3. The van der Waals surface area contributed by atoms with Gasteiger partial charge in [-0.1, -0.05) is 20.8 Å². The third-order valence-electron chi connectivity index (χ3n) is 1.66. The van der Waals surface area contributed by atoms with E-state index in [1.165, 1.54) is 0 Å². The minimum atomic E-state index is -0.327. The van der Waals surface area contributed by atoms with Crippen LogP contribution in [-0.4, -0.2) is 17.6 Å². The van der Waals surface area contributed by atoms with Gasteiger partial charge in [0.1, 0.15) is 0 Å². The van der Waals surface area contributed by atoms with Crippen LogP contribution in [-0.2, 0) is 4.79 Å². The van der Waals surface area contributed by atoms with Gasteiger partial charge in [-0.15, -0.1) is 10.2 Å². The molecule has 66 valence electrons. The Bertz CT molecular complexity index is 271. The van der Waals surface area contributed by atoms with Crippen molar-refractivity contribution in [3.63, 3.8) is 0 Å². The van der Waals surface area contributed by atoms with Crippen LogP contribution in [0.15, 0.2) is 21.5 Å². The van der Waals surface area contributed by atoms with Crippen LogP contribution in [0.25, 0.3) is 0 Å². The minimum absolute atomic E-state index is 0.220. The summed E-state index contributed by atoms with van der Waals surface area (Å²) in [4.78, 5) is 11.2. The van der Waals surface area contributed by atoms with E-state index in [1.54, 1.807) is 0 Å². The third kappa shape index (κ3) is 1.43. The largest absolute Gasteiger partial charge is 0.390 e. The van der Waals surface area contributed by atoms with Crippen molar-refractivity contribution < 1.29 is 9.90 Å². The molecular weight excluding hydrogens is 156 g/mol. The van der Waals surface area contributed by atoms with Gasteiger partial charge in [-0.25, -0.2) is 0 Å². The summed E-state index contributed by atoms with van der Waals surface area (Å²) in [7, 11) is 0. The van der Waals surface area contributed by atoms with E-state index in [1.807, 2.05) is 20.8 Å². The van der Waals surface area contributed by atoms with E-state index in [4.69, 9.17) is 5.11 Å². The smallest absolute Gasteiger partial charge is 0.293 e. The van der Waals surface area contributed by atoms with Crippen LogP contribution < -0.4 is 0 Å². The number of aliphatic hydroxyl groups excluding tert-OH is 1. The van der Waals surface area contributed by atoms with Gasteiger partial charge in [0.2, 0.25) is 0 Å². The first-order valence-electron chi connectivity index (χ1n) is 3.77. The summed E-state index contributed by atoms with van der Waals surface area (Å²) in [5, 5.41) is 15.8. The lowest BCUT2D eigenvalue weighted by atomic mass is 9.85. The molecule has 1 aliphatic heterocycles. The number of amides is 1. The Kier molecular flexibility index (Phi) is 2.10. The molecule has 0 saturated carbocycles. The number of rotatable bonds is 1. The molecule has 0 aromatic rings. The maximum atomic E-state index is 11.2. The summed E-state index contributed by atoms with van der Waals surface area (Å²) in [6.07, 6.45) is 0. The minimum Gasteiger partial charge on any atom is -0.390 e. The van der Waals surface area contributed by atoms with Crippen LogP contribution in [0.1, 0.15) is 20.8 Å². The lowest BCUT2D eigenvalue weighted by Crippen LogP contribution is -2.16. The molecule has 1 amide bonds. The monoisotopic (exact) mass is 168 g/mol. The van der Waals surface area contributed by atoms with Gasteiger partial charge in [0, 0.05) is 0 Å². The van der Waals surface area contributed by atoms with Gasteiger partial charge in [0.25, 0.3) is 5.91 Å². The molecule has 0 saturated heterocycles. The topological polar surface area (TPSA) is 62.0 Å². The molecule has 0 aromatic carbocycles. The maximum absolute atomic E-state index is 11.2. The van der Waals surface area contributed by atoms with E-state index in [-0.39, 0.29) is 17.9 Å². The summed E-state index contributed by atoms with van der Waals surface area (Å²) in [5.41, 5.74) is 0.621. The van der Waals surface area contributed by atoms with E-state index < -0.39 is 0 Å². The molecular formula is C8H12N2O2. The van der Waals surface area contributed by atoms with Gasteiger partial charge in [0.05, 0.1) is 17.9 Å². The van der Waals surface area contributed by atoms with Crippen LogP contribution in [0.3, 0.4) is 0 Å². The lowest BCUT2D eigenvalue weighted by molar-refractivity contribution is -0.115. The summed E-state index contributed by atoms with van der Waals surface area (Å²) in [6.45, 7) is 5.46. The highest BCUT2D eigenvalue weighted by Crippen LogP contribution is 2.32. The summed E-state index contributed by atoms with van der Waals surface area (Å²) in [5.74, 6) is -0.327. The molecule has 0 unspecified atom stereocenters. The van der Waals surface area contributed by atoms with Crippen LogP contribution in [0.2, 0.25) is 0 Å². The molecule has 0 aromatic heterocycles. The number of hydrogen-bond donors (Lipinski definition) is 1. The number of carbonyl (C=O) groups excluding carboxylic acids is 1. The molecule has 1 aliphatic rings. The second-order valence-electron chi connectivity index (χ2n) is 3.73. The predicted octanol–water partition coefficient (Wildman–Crippen LogP) is 1.27. The van der Waals surface area contributed by atoms with Crippen molar-refractivity contribution in [1.82, 2.24) is 0 Å². The Labute approximate surface area is 71.0 Å². The highest BCUT2D eigenvalue weighted by atomic mass is 16.3. The summed E-state index contributed by atoms with van der Waals surface area (Å²) in [6, 6.07) is 0. The SMILES string of the molecule is CC(C)(C)C1=C(CO)N=NC1=O. The normalized spacial score (nSPS) is 17.8. The molecule has 0 atom stereocenters. The predicted molar refractivity (Wildman–Crippen MR) is 43.4 cm³/mol. The van der Waals surface area contributed by atoms with Crippen molar-refractivity contribution in [2.45, 2.75) is 20.8 Å². The fraction of sp³-hybridized carbons (Fsp3) is 0.625. The van der Waals surface area contributed by atoms with Gasteiger partial charge in [0.15, 0.2) is 0 Å². The first-order chi connectivity index (χ1) is 5.46. The number of azo groups is 1. The molecule has 0 radical (unpaired) electrons. The molecule has 1 N–H and O–H groups in total. The van der Waals surface area contributed by atoms with Gasteiger partial charge < -0.3 is 5.11 Å². The number of carbonyl (C=O) groups is 1. The van der Waals surface area contributed by atoms with E-state index in [2.05, 4.69) is 10.2 Å². The van der Waals surface area contributed by atoms with Crippen molar-refractivity contribution in [3.05, 3.63) is 11.3 Å². The van der Waals surface area contributed by atoms with E-state index in [0.717, 1.165) is 0 Å². The van der Waals surface area contributed by atoms with Crippen LogP contribution >= 0.6 is 0 Å². The highest BCUT2D eigenvalue weighted by Gasteiger charge is 2.31. The van der Waals surface area contributed by atoms with Crippen molar-refractivity contribution in [3.8, 4) is 0 Å². The molecule has 0 fully saturated rings. The van der Waals surface area contributed by atoms with Crippen LogP contribution in [0.5, 0.6) is 0 Å². The van der Waals surface area contributed by atoms with Crippen molar-refractivity contribution in [2.75, 3.05) is 6.61 Å². The molecule has 4 heteroatoms. The zero-order chi connectivity index (χ0) is 9.35. The quantitative estimate of drug-likeness (QED) is 0.640. The number of aliphatic hydroxyl groups is 1. The van der Waals surface area contributed by atoms with Crippen LogP contribution in [0.4, 0.5) is 0 Å². The van der Waals surface area contributed by atoms with Gasteiger partial charge in [-0.3, -0.25) is 4.79 Å². The third-order valence-corrected chi connectivity index (χ3v) is 1.66. The van der Waals surface area contributed by atoms with Gasteiger partial charge >= 0.3 is 0 Å². The molecule has 0 spiro atoms. The Balaban J connectivity index is 3.10. The Morgan fingerprint density at radius 2 is 1.92 bits per heavy atom. The maximum Gasteiger partial charge on any atom is 0.293 e. The average Bonchev–Trinajstić information content (AvgIpc) is 2.29. The first kappa shape index (κ1) is 9.06. The molecule has 0 bridgehead atoms. The van der Waals surface area contributed by atoms with E-state index >= 15 is 0 Å². The molecule has 0 aliphatic carbocycles. The second kappa shape index (κ2) is 2.79. The zero-order valence-electron chi connectivity index (χ0n) is 7.46. The zero-order valence-corrected chi connectivity index (χ0v) is 7.46. The second-order valence-corrected chi connectivity index (χ2v) is 3.73. The summed E-state index contributed by atoms with van der Waals surface area (Å²) >= 11 is 0. The lowest BCUT2D eigenvalue weighted by Gasteiger charge is -2.18. The summed E-state index contributed by atoms with van der Waals surface area (Å²) < 4.78 is 0. The first-order valence-corrected chi connectivity index (χ1v) is 3.77. The Morgan fingerprint density at radius 3 is 2.25 bits per heavy atom. The molecule has 1 heterocycles. The van der Waals surface area contributed by atoms with Crippen molar-refractivity contribution >= 4 is 5.91 Å². The van der Waals surface area contributed by atoms with E-state index in [0.29, 0.717) is 11.3 Å². The fourth-order valence-electron chi connectivity index (χ4n) is 1.19. The van der Waals surface area contributed by atoms with E-state index in [9.17, 15) is 4.79 Å². The van der Waals surface area contributed by atoms with Gasteiger partial charge in [-0.05, 0) is 5.41 Å². The highest BCUT2D eigenvalue weighted by molar-refractivity contribution is 5.97. The van der Waals surface area contributed by atoms with Crippen molar-refractivity contribution in [1.29, 1.82) is 0 Å². The Morgan fingerprint density at radius 1 is 1.33 bits per heavy atom. The molecule has 12 heavy (non-hydrogen) atoms. The van der Waals surface area contributed by atoms with Gasteiger partial charge in [-0.2, -0.15) is 0 Å². The van der Waals surface area contributed by atoms with Crippen molar-refractivity contribution in [2.24, 2.45) is 15.6 Å². The fourth-order valence-corrected chi connectivity index (χ4v) is 1.19. The number of nitrogens with zero attached hydrogens (tertiary/aromatic N) is 2. The molecule has 4 nitrogen and oxygen atoms in total. The average molecular weight is 168 g/mol. The number of hydrogen-bond acceptors (Lipinski definition) is 3. The molecule has 1 rings (SSSR count).